The van der Waals surface area contributed by atoms with Gasteiger partial charge >= 0.3 is 0 Å². The summed E-state index contributed by atoms with van der Waals surface area (Å²) in [7, 11) is -0.446. The molecule has 108 valence electrons. The third kappa shape index (κ3) is 4.65. The molecule has 0 amide bonds. The van der Waals surface area contributed by atoms with E-state index in [0.717, 1.165) is 0 Å². The van der Waals surface area contributed by atoms with E-state index in [1.165, 1.54) is 15.9 Å². The van der Waals surface area contributed by atoms with Crippen LogP contribution < -0.4 is 15.9 Å². The maximum atomic E-state index is 2.23. The van der Waals surface area contributed by atoms with Gasteiger partial charge < -0.3 is 0 Å². The Morgan fingerprint density at radius 2 is 0.619 bits per heavy atom. The van der Waals surface area contributed by atoms with Crippen molar-refractivity contribution in [2.24, 2.45) is 0 Å². The van der Waals surface area contributed by atoms with Gasteiger partial charge in [-0.2, -0.15) is 0 Å². The molecule has 0 atom stereocenters. The fourth-order valence-corrected chi connectivity index (χ4v) is 4.48. The van der Waals surface area contributed by atoms with E-state index in [1.807, 2.05) is 0 Å². The maximum absolute atomic E-state index is 2.23. The molecule has 0 saturated heterocycles. The first kappa shape index (κ1) is 18.4. The summed E-state index contributed by atoms with van der Waals surface area (Å²) in [6, 6.07) is 32.3. The normalized spacial score (nSPS) is 9.57. The smallest absolute Gasteiger partial charge is 0 e. The minimum Gasteiger partial charge on any atom is -0.0622 e. The van der Waals surface area contributed by atoms with E-state index in [-0.39, 0.29) is 39.0 Å². The average molecular weight is 464 g/mol. The van der Waals surface area contributed by atoms with Crippen LogP contribution in [0.1, 0.15) is 0 Å². The second-order valence-corrected chi connectivity index (χ2v) is 6.56. The van der Waals surface area contributed by atoms with E-state index in [9.17, 15) is 0 Å². The molecule has 3 aromatic rings. The van der Waals surface area contributed by atoms with Gasteiger partial charge in [0, 0.05) is 39.0 Å². The third-order valence-corrected chi connectivity index (χ3v) is 5.49. The second kappa shape index (κ2) is 9.37. The van der Waals surface area contributed by atoms with Crippen molar-refractivity contribution in [2.45, 2.75) is 0 Å². The Balaban J connectivity index is 0.00000110. The van der Waals surface area contributed by atoms with Crippen molar-refractivity contribution in [2.75, 3.05) is 0 Å². The van der Waals surface area contributed by atoms with Gasteiger partial charge in [-0.05, 0) is 23.8 Å². The molecule has 0 unspecified atom stereocenters. The van der Waals surface area contributed by atoms with Crippen LogP contribution >= 0.6 is 7.92 Å². The van der Waals surface area contributed by atoms with E-state index in [0.29, 0.717) is 0 Å². The molecule has 0 heterocycles. The van der Waals surface area contributed by atoms with Crippen molar-refractivity contribution in [1.29, 1.82) is 0 Å². The van der Waals surface area contributed by atoms with Crippen LogP contribution in [0.25, 0.3) is 0 Å². The average Bonchev–Trinajstić information content (AvgIpc) is 2.51. The minimum atomic E-state index is -0.446. The van der Waals surface area contributed by atoms with E-state index < -0.39 is 7.92 Å². The molecule has 0 aliphatic rings. The molecule has 0 saturated carbocycles. The van der Waals surface area contributed by atoms with Crippen LogP contribution in [0.3, 0.4) is 0 Å². The summed E-state index contributed by atoms with van der Waals surface area (Å²) in [5.74, 6) is 0. The SMILES string of the molecule is [Ru].[Ru].c1ccc(P(c2ccccc2)c2ccccc2)cc1. The zero-order valence-corrected chi connectivity index (χ0v) is 15.7. The van der Waals surface area contributed by atoms with Crippen LogP contribution in [0.4, 0.5) is 0 Å². The van der Waals surface area contributed by atoms with Crippen molar-refractivity contribution < 1.29 is 39.0 Å². The van der Waals surface area contributed by atoms with E-state index in [2.05, 4.69) is 91.0 Å². The molecule has 3 rings (SSSR count). The van der Waals surface area contributed by atoms with Crippen molar-refractivity contribution in [3.05, 3.63) is 91.0 Å². The second-order valence-electron chi connectivity index (χ2n) is 4.34. The van der Waals surface area contributed by atoms with Gasteiger partial charge in [0.1, 0.15) is 0 Å². The Morgan fingerprint density at radius 1 is 0.381 bits per heavy atom. The predicted octanol–water partition coefficient (Wildman–Crippen LogP) is 3.44. The standard InChI is InChI=1S/C18H15P.2Ru/c1-4-10-16(11-5-1)19(17-12-6-2-7-13-17)18-14-8-3-9-15-18;;/h1-15H;;. The molecule has 0 aliphatic carbocycles. The molecule has 0 spiro atoms. The molecule has 0 aliphatic heterocycles. The van der Waals surface area contributed by atoms with E-state index >= 15 is 0 Å². The molecule has 0 bridgehead atoms. The molecular formula is C18H15PRu2. The first-order chi connectivity index (χ1) is 9.45. The van der Waals surface area contributed by atoms with Crippen LogP contribution in [0.5, 0.6) is 0 Å². The Bertz CT molecular complexity index is 533. The maximum Gasteiger partial charge on any atom is 0 e. The van der Waals surface area contributed by atoms with Gasteiger partial charge in [-0.3, -0.25) is 0 Å². The van der Waals surface area contributed by atoms with Crippen LogP contribution in [-0.4, -0.2) is 0 Å². The summed E-state index contributed by atoms with van der Waals surface area (Å²) in [5.41, 5.74) is 0. The minimum absolute atomic E-state index is 0. The summed E-state index contributed by atoms with van der Waals surface area (Å²) in [4.78, 5) is 0. The fraction of sp³-hybridized carbons (Fsp3) is 0. The van der Waals surface area contributed by atoms with Crippen LogP contribution in [0.2, 0.25) is 0 Å². The van der Waals surface area contributed by atoms with Crippen molar-refractivity contribution >= 4 is 23.8 Å². The Morgan fingerprint density at radius 3 is 0.857 bits per heavy atom. The molecular weight excluding hydrogens is 449 g/mol. The monoisotopic (exact) mass is 466 g/mol. The summed E-state index contributed by atoms with van der Waals surface area (Å²) < 4.78 is 0. The number of hydrogen-bond donors (Lipinski definition) is 0. The van der Waals surface area contributed by atoms with Crippen molar-refractivity contribution in [3.8, 4) is 0 Å². The van der Waals surface area contributed by atoms with Gasteiger partial charge in [0.25, 0.3) is 0 Å². The Hall–Kier alpha value is -0.663. The van der Waals surface area contributed by atoms with Gasteiger partial charge in [-0.15, -0.1) is 0 Å². The van der Waals surface area contributed by atoms with Gasteiger partial charge in [0.05, 0.1) is 0 Å². The summed E-state index contributed by atoms with van der Waals surface area (Å²) in [6.07, 6.45) is 0. The summed E-state index contributed by atoms with van der Waals surface area (Å²) >= 11 is 0. The largest absolute Gasteiger partial charge is 0.0622 e. The van der Waals surface area contributed by atoms with Crippen LogP contribution in [0, 0.1) is 0 Å². The van der Waals surface area contributed by atoms with Crippen molar-refractivity contribution in [1.82, 2.24) is 0 Å². The van der Waals surface area contributed by atoms with Crippen LogP contribution in [0.15, 0.2) is 91.0 Å². The molecule has 0 nitrogen and oxygen atoms in total. The molecule has 0 radical (unpaired) electrons. The number of rotatable bonds is 3. The molecule has 3 aromatic carbocycles. The van der Waals surface area contributed by atoms with Gasteiger partial charge in [-0.25, -0.2) is 0 Å². The fourth-order valence-electron chi connectivity index (χ4n) is 2.18. The molecule has 0 fully saturated rings. The summed E-state index contributed by atoms with van der Waals surface area (Å²) in [6.45, 7) is 0. The quantitative estimate of drug-likeness (QED) is 0.412. The summed E-state index contributed by atoms with van der Waals surface area (Å²) in [5, 5.41) is 4.19. The molecule has 3 heteroatoms. The van der Waals surface area contributed by atoms with Gasteiger partial charge in [0.2, 0.25) is 0 Å². The first-order valence-corrected chi connectivity index (χ1v) is 7.74. The first-order valence-electron chi connectivity index (χ1n) is 6.40. The van der Waals surface area contributed by atoms with Crippen LogP contribution in [-0.2, 0) is 39.0 Å². The number of hydrogen-bond acceptors (Lipinski definition) is 0. The zero-order chi connectivity index (χ0) is 12.9. The van der Waals surface area contributed by atoms with Gasteiger partial charge in [-0.1, -0.05) is 91.0 Å². The topological polar surface area (TPSA) is 0 Å². The van der Waals surface area contributed by atoms with E-state index in [4.69, 9.17) is 0 Å². The van der Waals surface area contributed by atoms with E-state index in [1.54, 1.807) is 0 Å². The Labute approximate surface area is 153 Å². The molecule has 21 heavy (non-hydrogen) atoms. The number of benzene rings is 3. The predicted molar refractivity (Wildman–Crippen MR) is 85.1 cm³/mol. The zero-order valence-electron chi connectivity index (χ0n) is 11.3. The molecule has 0 N–H and O–H groups in total. The van der Waals surface area contributed by atoms with Crippen molar-refractivity contribution in [3.63, 3.8) is 0 Å². The van der Waals surface area contributed by atoms with Gasteiger partial charge in [0.15, 0.2) is 0 Å². The molecule has 0 aromatic heterocycles. The Kier molecular flexibility index (Phi) is 8.21. The third-order valence-electron chi connectivity index (χ3n) is 3.04.